The van der Waals surface area contributed by atoms with Crippen molar-refractivity contribution >= 4 is 5.97 Å². The normalized spacial score (nSPS) is 19.2. The first-order valence-electron chi connectivity index (χ1n) is 13.2. The molecular weight excluding hydrogens is 483 g/mol. The van der Waals surface area contributed by atoms with Crippen LogP contribution in [-0.4, -0.2) is 46.8 Å². The monoisotopic (exact) mass is 518 g/mol. The number of carboxylic acid groups (broad SMARTS) is 1. The Morgan fingerprint density at radius 3 is 2.76 bits per heavy atom. The third kappa shape index (κ3) is 5.45. The summed E-state index contributed by atoms with van der Waals surface area (Å²) in [5.74, 6) is -0.776. The summed E-state index contributed by atoms with van der Waals surface area (Å²) in [5.41, 5.74) is 6.24. The summed E-state index contributed by atoms with van der Waals surface area (Å²) >= 11 is 0. The van der Waals surface area contributed by atoms with E-state index in [4.69, 9.17) is 9.47 Å². The second kappa shape index (κ2) is 10.5. The summed E-state index contributed by atoms with van der Waals surface area (Å²) in [4.78, 5) is 17.7. The molecule has 6 nitrogen and oxygen atoms in total. The molecule has 1 saturated heterocycles. The van der Waals surface area contributed by atoms with Crippen molar-refractivity contribution in [2.75, 3.05) is 20.2 Å². The maximum Gasteiger partial charge on any atom is 0.306 e. The predicted octanol–water partition coefficient (Wildman–Crippen LogP) is 5.75. The number of halogens is 1. The van der Waals surface area contributed by atoms with Gasteiger partial charge in [-0.3, -0.25) is 14.7 Å². The largest absolute Gasteiger partial charge is 0.485 e. The maximum absolute atomic E-state index is 14.9. The Labute approximate surface area is 223 Å². The lowest BCUT2D eigenvalue weighted by Gasteiger charge is -2.47. The van der Waals surface area contributed by atoms with Gasteiger partial charge in [-0.1, -0.05) is 37.3 Å². The van der Waals surface area contributed by atoms with E-state index in [2.05, 4.69) is 28.9 Å². The molecule has 2 aliphatic heterocycles. The summed E-state index contributed by atoms with van der Waals surface area (Å²) in [6.45, 7) is 8.00. The smallest absolute Gasteiger partial charge is 0.306 e. The molecule has 2 aliphatic rings. The van der Waals surface area contributed by atoms with Crippen LogP contribution in [0.25, 0.3) is 11.1 Å². The fourth-order valence-corrected chi connectivity index (χ4v) is 5.56. The van der Waals surface area contributed by atoms with Gasteiger partial charge < -0.3 is 14.6 Å². The van der Waals surface area contributed by atoms with Crippen molar-refractivity contribution in [3.63, 3.8) is 0 Å². The Balaban J connectivity index is 1.43. The van der Waals surface area contributed by atoms with Crippen molar-refractivity contribution in [1.82, 2.24) is 9.88 Å². The molecule has 1 N–H and O–H groups in total. The highest BCUT2D eigenvalue weighted by Crippen LogP contribution is 2.38. The minimum absolute atomic E-state index is 0.132. The number of methoxy groups -OCH3 is 1. The lowest BCUT2D eigenvalue weighted by atomic mass is 9.90. The Morgan fingerprint density at radius 2 is 2.03 bits per heavy atom. The van der Waals surface area contributed by atoms with Gasteiger partial charge in [0.1, 0.15) is 17.7 Å². The number of benzene rings is 2. The summed E-state index contributed by atoms with van der Waals surface area (Å²) in [6.07, 6.45) is 3.33. The van der Waals surface area contributed by atoms with Crippen LogP contribution in [0.4, 0.5) is 4.39 Å². The Kier molecular flexibility index (Phi) is 7.25. The number of carboxylic acids is 1. The summed E-state index contributed by atoms with van der Waals surface area (Å²) in [5, 5.41) is 9.29. The molecule has 2 aromatic carbocycles. The second-order valence-corrected chi connectivity index (χ2v) is 11.1. The van der Waals surface area contributed by atoms with Crippen LogP contribution in [0.1, 0.15) is 54.3 Å². The highest BCUT2D eigenvalue weighted by Gasteiger charge is 2.39. The molecule has 0 amide bonds. The summed E-state index contributed by atoms with van der Waals surface area (Å²) in [6, 6.07) is 14.0. The van der Waals surface area contributed by atoms with Crippen molar-refractivity contribution < 1.29 is 23.8 Å². The molecule has 0 spiro atoms. The lowest BCUT2D eigenvalue weighted by Crippen LogP contribution is -2.60. The lowest BCUT2D eigenvalue weighted by molar-refractivity contribution is -0.141. The number of aliphatic carboxylic acids is 1. The highest BCUT2D eigenvalue weighted by atomic mass is 19.1. The zero-order valence-electron chi connectivity index (χ0n) is 22.5. The van der Waals surface area contributed by atoms with E-state index in [1.807, 2.05) is 31.2 Å². The van der Waals surface area contributed by atoms with Gasteiger partial charge in [0.05, 0.1) is 17.7 Å². The van der Waals surface area contributed by atoms with Crippen LogP contribution in [0.5, 0.6) is 5.75 Å². The Morgan fingerprint density at radius 1 is 1.24 bits per heavy atom. The van der Waals surface area contributed by atoms with Crippen LogP contribution in [0.3, 0.4) is 0 Å². The standard InChI is InChI=1S/C31H35FN2O4/c1-19(30(35)36)11-21-5-6-22-8-10-28(38-29(22)13-21)23-7-9-25(26-12-20(2)33-15-27(26)32)24(14-23)16-34-17-31(3,18-34)37-4/h5-7,9,12-15,19,28H,8,10-11,16-18H2,1-4H3,(H,35,36). The van der Waals surface area contributed by atoms with Crippen LogP contribution in [0, 0.1) is 18.7 Å². The number of ether oxygens (including phenoxy) is 2. The van der Waals surface area contributed by atoms with E-state index in [-0.39, 0.29) is 17.5 Å². The zero-order valence-corrected chi connectivity index (χ0v) is 22.5. The minimum atomic E-state index is -0.803. The van der Waals surface area contributed by atoms with Crippen LogP contribution in [0.2, 0.25) is 0 Å². The average molecular weight is 519 g/mol. The molecule has 1 aromatic heterocycles. The number of carbonyl (C=O) groups is 1. The molecule has 1 fully saturated rings. The van der Waals surface area contributed by atoms with Crippen LogP contribution < -0.4 is 4.74 Å². The molecule has 200 valence electrons. The van der Waals surface area contributed by atoms with Gasteiger partial charge in [-0.25, -0.2) is 4.39 Å². The van der Waals surface area contributed by atoms with E-state index in [1.54, 1.807) is 20.1 Å². The van der Waals surface area contributed by atoms with E-state index >= 15 is 0 Å². The van der Waals surface area contributed by atoms with Crippen molar-refractivity contribution in [2.45, 2.75) is 58.3 Å². The van der Waals surface area contributed by atoms with Gasteiger partial charge in [0, 0.05) is 38.0 Å². The fourth-order valence-electron chi connectivity index (χ4n) is 5.56. The van der Waals surface area contributed by atoms with Gasteiger partial charge in [0.25, 0.3) is 0 Å². The number of nitrogens with zero attached hydrogens (tertiary/aromatic N) is 2. The third-order valence-electron chi connectivity index (χ3n) is 7.83. The van der Waals surface area contributed by atoms with Crippen LogP contribution in [-0.2, 0) is 28.9 Å². The molecule has 2 atom stereocenters. The van der Waals surface area contributed by atoms with Crippen molar-refractivity contribution in [1.29, 1.82) is 0 Å². The molecule has 0 aliphatic carbocycles. The first kappa shape index (κ1) is 26.3. The van der Waals surface area contributed by atoms with Crippen molar-refractivity contribution in [3.05, 3.63) is 82.4 Å². The van der Waals surface area contributed by atoms with Crippen LogP contribution in [0.15, 0.2) is 48.7 Å². The molecule has 0 saturated carbocycles. The average Bonchev–Trinajstić information content (AvgIpc) is 2.88. The number of aromatic nitrogens is 1. The molecule has 0 bridgehead atoms. The van der Waals surface area contributed by atoms with Gasteiger partial charge in [-0.15, -0.1) is 0 Å². The van der Waals surface area contributed by atoms with Crippen LogP contribution >= 0.6 is 0 Å². The maximum atomic E-state index is 14.9. The van der Waals surface area contributed by atoms with E-state index < -0.39 is 11.9 Å². The quantitative estimate of drug-likeness (QED) is 0.410. The first-order chi connectivity index (χ1) is 18.1. The first-order valence-corrected chi connectivity index (χ1v) is 13.2. The number of aryl methyl sites for hydroxylation is 2. The molecule has 3 aromatic rings. The predicted molar refractivity (Wildman–Crippen MR) is 144 cm³/mol. The van der Waals surface area contributed by atoms with Gasteiger partial charge in [-0.05, 0) is 73.1 Å². The minimum Gasteiger partial charge on any atom is -0.485 e. The van der Waals surface area contributed by atoms with Gasteiger partial charge in [0.15, 0.2) is 0 Å². The van der Waals surface area contributed by atoms with E-state index in [1.165, 1.54) is 6.20 Å². The molecule has 7 heteroatoms. The highest BCUT2D eigenvalue weighted by molar-refractivity contribution is 5.70. The number of rotatable bonds is 8. The van der Waals surface area contributed by atoms with E-state index in [0.717, 1.165) is 65.2 Å². The van der Waals surface area contributed by atoms with Gasteiger partial charge >= 0.3 is 5.97 Å². The van der Waals surface area contributed by atoms with Gasteiger partial charge in [-0.2, -0.15) is 0 Å². The number of fused-ring (bicyclic) bond motifs is 1. The zero-order chi connectivity index (χ0) is 27.0. The molecule has 3 heterocycles. The van der Waals surface area contributed by atoms with E-state index in [9.17, 15) is 14.3 Å². The summed E-state index contributed by atoms with van der Waals surface area (Å²) < 4.78 is 27.0. The fraction of sp³-hybridized carbons (Fsp3) is 0.419. The third-order valence-corrected chi connectivity index (χ3v) is 7.83. The topological polar surface area (TPSA) is 71.9 Å². The molecule has 0 radical (unpaired) electrons. The van der Waals surface area contributed by atoms with E-state index in [0.29, 0.717) is 18.5 Å². The second-order valence-electron chi connectivity index (χ2n) is 11.1. The van der Waals surface area contributed by atoms with Crippen molar-refractivity contribution in [2.24, 2.45) is 5.92 Å². The Bertz CT molecular complexity index is 1350. The Hall–Kier alpha value is -3.29. The number of pyridine rings is 1. The summed E-state index contributed by atoms with van der Waals surface area (Å²) in [7, 11) is 1.74. The van der Waals surface area contributed by atoms with Gasteiger partial charge in [0.2, 0.25) is 0 Å². The molecule has 38 heavy (non-hydrogen) atoms. The molecule has 2 unspecified atom stereocenters. The SMILES string of the molecule is COC1(C)CN(Cc2cc(C3CCc4ccc(CC(C)C(=O)O)cc4O3)ccc2-c2cc(C)ncc2F)C1. The number of hydrogen-bond donors (Lipinski definition) is 1. The molecular formula is C31H35FN2O4. The number of likely N-dealkylation sites (tertiary alicyclic amines) is 1. The molecule has 5 rings (SSSR count). The number of hydrogen-bond acceptors (Lipinski definition) is 5. The van der Waals surface area contributed by atoms with Crippen molar-refractivity contribution in [3.8, 4) is 16.9 Å².